The van der Waals surface area contributed by atoms with Gasteiger partial charge in [0.2, 0.25) is 0 Å². The number of hydrogen-bond donors (Lipinski definition) is 2. The standard InChI is InChI=1S/C17H31N5OS/c1-13-16(24-14(2)20-13)12-19-17(18-3)21-15-6-9-22(10-7-15)8-5-11-23-4/h15H,5-12H2,1-4H3,(H2,18,19,21). The maximum Gasteiger partial charge on any atom is 0.191 e. The fourth-order valence-corrected chi connectivity index (χ4v) is 3.90. The van der Waals surface area contributed by atoms with Crippen molar-refractivity contribution in [2.24, 2.45) is 4.99 Å². The summed E-state index contributed by atoms with van der Waals surface area (Å²) in [6.07, 6.45) is 3.43. The summed E-state index contributed by atoms with van der Waals surface area (Å²) < 4.78 is 5.13. The molecule has 0 amide bonds. The summed E-state index contributed by atoms with van der Waals surface area (Å²) in [6.45, 7) is 9.18. The van der Waals surface area contributed by atoms with E-state index in [1.807, 2.05) is 7.05 Å². The molecule has 0 atom stereocenters. The molecule has 2 heterocycles. The number of aliphatic imine (C=N–C) groups is 1. The number of thiazole rings is 1. The molecule has 136 valence electrons. The molecule has 0 bridgehead atoms. The van der Waals surface area contributed by atoms with Crippen molar-refractivity contribution in [3.05, 3.63) is 15.6 Å². The van der Waals surface area contributed by atoms with Crippen LogP contribution in [0.3, 0.4) is 0 Å². The zero-order valence-corrected chi connectivity index (χ0v) is 16.2. The lowest BCUT2D eigenvalue weighted by Crippen LogP contribution is -2.48. The second kappa shape index (κ2) is 9.96. The third kappa shape index (κ3) is 6.03. The Bertz CT molecular complexity index is 523. The van der Waals surface area contributed by atoms with E-state index in [2.05, 4.69) is 39.4 Å². The van der Waals surface area contributed by atoms with Gasteiger partial charge in [-0.2, -0.15) is 0 Å². The number of nitrogens with one attached hydrogen (secondary N) is 2. The highest BCUT2D eigenvalue weighted by Gasteiger charge is 2.19. The maximum atomic E-state index is 5.13. The molecule has 0 aromatic carbocycles. The Kier molecular flexibility index (Phi) is 7.94. The Morgan fingerprint density at radius 2 is 2.12 bits per heavy atom. The number of ether oxygens (including phenoxy) is 1. The van der Waals surface area contributed by atoms with Crippen LogP contribution in [0.15, 0.2) is 4.99 Å². The third-order valence-corrected chi connectivity index (χ3v) is 5.46. The van der Waals surface area contributed by atoms with Gasteiger partial charge in [-0.25, -0.2) is 4.98 Å². The monoisotopic (exact) mass is 353 g/mol. The zero-order chi connectivity index (χ0) is 17.4. The highest BCUT2D eigenvalue weighted by molar-refractivity contribution is 7.11. The third-order valence-electron chi connectivity index (χ3n) is 4.39. The van der Waals surface area contributed by atoms with Gasteiger partial charge in [0.1, 0.15) is 0 Å². The van der Waals surface area contributed by atoms with Gasteiger partial charge in [0.25, 0.3) is 0 Å². The van der Waals surface area contributed by atoms with Crippen LogP contribution in [0.1, 0.15) is 34.8 Å². The number of likely N-dealkylation sites (tertiary alicyclic amines) is 1. The van der Waals surface area contributed by atoms with Crippen molar-refractivity contribution >= 4 is 17.3 Å². The van der Waals surface area contributed by atoms with Gasteiger partial charge in [-0.3, -0.25) is 4.99 Å². The molecule has 1 aliphatic rings. The number of hydrogen-bond acceptors (Lipinski definition) is 5. The second-order valence-corrected chi connectivity index (χ2v) is 7.56. The zero-order valence-electron chi connectivity index (χ0n) is 15.4. The Morgan fingerprint density at radius 1 is 1.38 bits per heavy atom. The van der Waals surface area contributed by atoms with Crippen LogP contribution in [-0.2, 0) is 11.3 Å². The smallest absolute Gasteiger partial charge is 0.191 e. The highest BCUT2D eigenvalue weighted by Crippen LogP contribution is 2.16. The summed E-state index contributed by atoms with van der Waals surface area (Å²) in [4.78, 5) is 12.6. The first-order chi connectivity index (χ1) is 11.6. The minimum Gasteiger partial charge on any atom is -0.385 e. The van der Waals surface area contributed by atoms with E-state index >= 15 is 0 Å². The van der Waals surface area contributed by atoms with Gasteiger partial charge < -0.3 is 20.3 Å². The minimum absolute atomic E-state index is 0.499. The largest absolute Gasteiger partial charge is 0.385 e. The van der Waals surface area contributed by atoms with Crippen LogP contribution < -0.4 is 10.6 Å². The van der Waals surface area contributed by atoms with Gasteiger partial charge in [0.15, 0.2) is 5.96 Å². The lowest BCUT2D eigenvalue weighted by atomic mass is 10.1. The van der Waals surface area contributed by atoms with Gasteiger partial charge in [0.05, 0.1) is 17.2 Å². The molecule has 0 aliphatic carbocycles. The molecule has 0 radical (unpaired) electrons. The highest BCUT2D eigenvalue weighted by atomic mass is 32.1. The number of aryl methyl sites for hydroxylation is 2. The lowest BCUT2D eigenvalue weighted by molar-refractivity contribution is 0.155. The van der Waals surface area contributed by atoms with Crippen molar-refractivity contribution < 1.29 is 4.74 Å². The number of guanidine groups is 1. The molecule has 0 unspecified atom stereocenters. The van der Waals surface area contributed by atoms with E-state index in [-0.39, 0.29) is 0 Å². The van der Waals surface area contributed by atoms with E-state index in [1.54, 1.807) is 18.4 Å². The summed E-state index contributed by atoms with van der Waals surface area (Å²) in [5.74, 6) is 0.887. The first kappa shape index (κ1) is 19.1. The molecule has 7 heteroatoms. The molecule has 1 fully saturated rings. The number of methoxy groups -OCH3 is 1. The normalized spacial score (nSPS) is 17.2. The summed E-state index contributed by atoms with van der Waals surface area (Å²) in [5, 5.41) is 8.10. The number of rotatable bonds is 7. The quantitative estimate of drug-likeness (QED) is 0.446. The second-order valence-electron chi connectivity index (χ2n) is 6.27. The van der Waals surface area contributed by atoms with E-state index in [0.29, 0.717) is 6.04 Å². The van der Waals surface area contributed by atoms with Crippen molar-refractivity contribution in [2.75, 3.05) is 40.4 Å². The fraction of sp³-hybridized carbons (Fsp3) is 0.765. The average molecular weight is 354 g/mol. The van der Waals surface area contributed by atoms with E-state index in [4.69, 9.17) is 4.74 Å². The van der Waals surface area contributed by atoms with E-state index in [0.717, 1.165) is 68.7 Å². The number of piperidine rings is 1. The minimum atomic E-state index is 0.499. The molecule has 0 saturated carbocycles. The van der Waals surface area contributed by atoms with Crippen LogP contribution in [0.2, 0.25) is 0 Å². The van der Waals surface area contributed by atoms with Crippen molar-refractivity contribution in [1.29, 1.82) is 0 Å². The molecule has 6 nitrogen and oxygen atoms in total. The van der Waals surface area contributed by atoms with E-state index < -0.39 is 0 Å². The predicted molar refractivity (Wildman–Crippen MR) is 101 cm³/mol. The van der Waals surface area contributed by atoms with Gasteiger partial charge in [-0.1, -0.05) is 0 Å². The molecular formula is C17H31N5OS. The van der Waals surface area contributed by atoms with Crippen LogP contribution in [0.25, 0.3) is 0 Å². The Hall–Kier alpha value is -1.18. The fourth-order valence-electron chi connectivity index (χ4n) is 3.02. The van der Waals surface area contributed by atoms with Crippen LogP contribution in [0.4, 0.5) is 0 Å². The lowest BCUT2D eigenvalue weighted by Gasteiger charge is -2.33. The Balaban J connectivity index is 1.71. The molecule has 0 spiro atoms. The van der Waals surface area contributed by atoms with Gasteiger partial charge >= 0.3 is 0 Å². The topological polar surface area (TPSA) is 61.8 Å². The molecular weight excluding hydrogens is 322 g/mol. The molecule has 1 aromatic heterocycles. The average Bonchev–Trinajstić information content (AvgIpc) is 2.90. The molecule has 1 aliphatic heterocycles. The van der Waals surface area contributed by atoms with E-state index in [1.165, 1.54) is 4.88 Å². The number of aromatic nitrogens is 1. The van der Waals surface area contributed by atoms with Gasteiger partial charge in [-0.05, 0) is 33.1 Å². The van der Waals surface area contributed by atoms with Crippen molar-refractivity contribution in [3.63, 3.8) is 0 Å². The molecule has 1 aromatic rings. The van der Waals surface area contributed by atoms with Crippen molar-refractivity contribution in [2.45, 2.75) is 45.7 Å². The van der Waals surface area contributed by atoms with Crippen LogP contribution in [0, 0.1) is 13.8 Å². The summed E-state index contributed by atoms with van der Waals surface area (Å²) in [5.41, 5.74) is 1.12. The SMILES string of the molecule is CN=C(NCc1sc(C)nc1C)NC1CCN(CCCOC)CC1. The molecule has 2 rings (SSSR count). The van der Waals surface area contributed by atoms with Crippen molar-refractivity contribution in [3.8, 4) is 0 Å². The summed E-state index contributed by atoms with van der Waals surface area (Å²) in [6, 6.07) is 0.499. The van der Waals surface area contributed by atoms with Crippen LogP contribution in [0.5, 0.6) is 0 Å². The Labute approximate surface area is 149 Å². The van der Waals surface area contributed by atoms with Gasteiger partial charge in [-0.15, -0.1) is 11.3 Å². The first-order valence-corrected chi connectivity index (χ1v) is 9.55. The summed E-state index contributed by atoms with van der Waals surface area (Å²) in [7, 11) is 3.60. The predicted octanol–water partition coefficient (Wildman–Crippen LogP) is 1.93. The molecule has 1 saturated heterocycles. The van der Waals surface area contributed by atoms with Crippen molar-refractivity contribution in [1.82, 2.24) is 20.5 Å². The van der Waals surface area contributed by atoms with Crippen LogP contribution >= 0.6 is 11.3 Å². The van der Waals surface area contributed by atoms with Crippen LogP contribution in [-0.4, -0.2) is 62.3 Å². The molecule has 24 heavy (non-hydrogen) atoms. The Morgan fingerprint density at radius 3 is 2.71 bits per heavy atom. The number of nitrogens with zero attached hydrogens (tertiary/aromatic N) is 3. The van der Waals surface area contributed by atoms with E-state index in [9.17, 15) is 0 Å². The van der Waals surface area contributed by atoms with Gasteiger partial charge in [0, 0.05) is 51.3 Å². The summed E-state index contributed by atoms with van der Waals surface area (Å²) >= 11 is 1.75. The molecule has 2 N–H and O–H groups in total. The first-order valence-electron chi connectivity index (χ1n) is 8.73. The maximum absolute atomic E-state index is 5.13.